The van der Waals surface area contributed by atoms with E-state index in [1.807, 2.05) is 16.2 Å². The van der Waals surface area contributed by atoms with E-state index in [0.717, 1.165) is 4.88 Å². The number of sulfonamides is 1. The summed E-state index contributed by atoms with van der Waals surface area (Å²) in [5.41, 5.74) is -0.0732. The Bertz CT molecular complexity index is 977. The Morgan fingerprint density at radius 3 is 2.58 bits per heavy atom. The van der Waals surface area contributed by atoms with Gasteiger partial charge >= 0.3 is 0 Å². The highest BCUT2D eigenvalue weighted by atomic mass is 35.5. The largest absolute Gasteiger partial charge is 0.440 e. The molecular formula is C15H11ClN2O4S2. The van der Waals surface area contributed by atoms with E-state index in [1.54, 1.807) is 13.0 Å². The first kappa shape index (κ1) is 16.7. The van der Waals surface area contributed by atoms with E-state index in [4.69, 9.17) is 16.0 Å². The lowest BCUT2D eigenvalue weighted by atomic mass is 10.3. The van der Waals surface area contributed by atoms with Crippen molar-refractivity contribution in [2.75, 3.05) is 0 Å². The summed E-state index contributed by atoms with van der Waals surface area (Å²) in [4.78, 5) is 17.0. The van der Waals surface area contributed by atoms with Crippen LogP contribution in [0.15, 0.2) is 51.1 Å². The third kappa shape index (κ3) is 3.35. The van der Waals surface area contributed by atoms with Gasteiger partial charge in [-0.3, -0.25) is 4.79 Å². The van der Waals surface area contributed by atoms with Gasteiger partial charge in [0.1, 0.15) is 5.76 Å². The van der Waals surface area contributed by atoms with Crippen LogP contribution in [0.4, 0.5) is 0 Å². The molecule has 6 nitrogen and oxygen atoms in total. The minimum absolute atomic E-state index is 0.0696. The molecule has 0 radical (unpaired) electrons. The number of oxazole rings is 1. The molecule has 0 aliphatic heterocycles. The van der Waals surface area contributed by atoms with Gasteiger partial charge in [0.15, 0.2) is 5.69 Å². The minimum Gasteiger partial charge on any atom is -0.440 e. The average Bonchev–Trinajstić information content (AvgIpc) is 3.16. The minimum atomic E-state index is -4.02. The summed E-state index contributed by atoms with van der Waals surface area (Å²) in [7, 11) is -4.02. The van der Waals surface area contributed by atoms with Crippen molar-refractivity contribution >= 4 is 38.9 Å². The molecule has 0 spiro atoms. The van der Waals surface area contributed by atoms with Gasteiger partial charge in [-0.2, -0.15) is 0 Å². The van der Waals surface area contributed by atoms with Crippen LogP contribution >= 0.6 is 22.9 Å². The Hall–Kier alpha value is -2.16. The van der Waals surface area contributed by atoms with Gasteiger partial charge in [0, 0.05) is 5.02 Å². The van der Waals surface area contributed by atoms with Gasteiger partial charge in [0.25, 0.3) is 15.9 Å². The van der Waals surface area contributed by atoms with Crippen LogP contribution in [0.1, 0.15) is 16.2 Å². The summed E-state index contributed by atoms with van der Waals surface area (Å²) < 4.78 is 31.9. The number of aromatic nitrogens is 1. The molecule has 1 amide bonds. The first-order valence-corrected chi connectivity index (χ1v) is 9.45. The number of carbonyl (C=O) groups excluding carboxylic acids is 1. The summed E-state index contributed by atoms with van der Waals surface area (Å²) in [5.74, 6) is -0.340. The van der Waals surface area contributed by atoms with Gasteiger partial charge in [-0.25, -0.2) is 18.1 Å². The number of amides is 1. The highest BCUT2D eigenvalue weighted by Crippen LogP contribution is 2.26. The summed E-state index contributed by atoms with van der Waals surface area (Å²) >= 11 is 7.13. The van der Waals surface area contributed by atoms with Crippen molar-refractivity contribution < 1.29 is 17.6 Å². The molecule has 24 heavy (non-hydrogen) atoms. The van der Waals surface area contributed by atoms with E-state index < -0.39 is 15.9 Å². The highest BCUT2D eigenvalue weighted by Gasteiger charge is 2.24. The average molecular weight is 383 g/mol. The Kier molecular flexibility index (Phi) is 4.44. The topological polar surface area (TPSA) is 89.3 Å². The van der Waals surface area contributed by atoms with Crippen LogP contribution in [-0.2, 0) is 10.0 Å². The van der Waals surface area contributed by atoms with Crippen LogP contribution in [-0.4, -0.2) is 19.3 Å². The van der Waals surface area contributed by atoms with Crippen molar-refractivity contribution in [2.24, 2.45) is 0 Å². The summed E-state index contributed by atoms with van der Waals surface area (Å²) in [6.45, 7) is 1.55. The Morgan fingerprint density at radius 2 is 1.96 bits per heavy atom. The van der Waals surface area contributed by atoms with Crippen LogP contribution in [0.2, 0.25) is 5.02 Å². The molecule has 0 fully saturated rings. The van der Waals surface area contributed by atoms with Gasteiger partial charge in [-0.1, -0.05) is 17.7 Å². The van der Waals surface area contributed by atoms with Gasteiger partial charge in [0.05, 0.1) is 9.77 Å². The smallest absolute Gasteiger partial charge is 0.287 e. The van der Waals surface area contributed by atoms with Crippen LogP contribution in [0.5, 0.6) is 0 Å². The lowest BCUT2D eigenvalue weighted by molar-refractivity contribution is 0.0975. The van der Waals surface area contributed by atoms with E-state index in [-0.39, 0.29) is 22.2 Å². The molecule has 0 bridgehead atoms. The molecule has 2 heterocycles. The number of nitrogens with zero attached hydrogens (tertiary/aromatic N) is 1. The number of rotatable bonds is 4. The first-order chi connectivity index (χ1) is 11.4. The van der Waals surface area contributed by atoms with Gasteiger partial charge in [-0.15, -0.1) is 11.3 Å². The van der Waals surface area contributed by atoms with Crippen molar-refractivity contribution in [1.29, 1.82) is 0 Å². The molecule has 9 heteroatoms. The molecule has 3 rings (SSSR count). The molecule has 3 aromatic rings. The van der Waals surface area contributed by atoms with Crippen LogP contribution in [0.3, 0.4) is 0 Å². The first-order valence-electron chi connectivity index (χ1n) is 6.71. The molecule has 0 saturated carbocycles. The molecule has 0 atom stereocenters. The summed E-state index contributed by atoms with van der Waals surface area (Å²) in [5, 5.41) is 2.24. The Balaban J connectivity index is 1.86. The van der Waals surface area contributed by atoms with Crippen molar-refractivity contribution in [3.05, 3.63) is 58.3 Å². The fourth-order valence-electron chi connectivity index (χ4n) is 1.96. The van der Waals surface area contributed by atoms with E-state index in [1.165, 1.54) is 35.6 Å². The van der Waals surface area contributed by atoms with Gasteiger partial charge in [-0.05, 0) is 42.6 Å². The van der Waals surface area contributed by atoms with Crippen molar-refractivity contribution in [2.45, 2.75) is 11.8 Å². The standard InChI is InChI=1S/C15H11ClN2O4S2/c1-9-13(17-15(22-9)12-3-2-8-23-12)14(19)18-24(20,21)11-6-4-10(16)5-7-11/h2-8H,1H3,(H,18,19). The molecule has 2 aromatic heterocycles. The van der Waals surface area contributed by atoms with Crippen molar-refractivity contribution in [3.63, 3.8) is 0 Å². The van der Waals surface area contributed by atoms with E-state index in [2.05, 4.69) is 4.98 Å². The maximum atomic E-state index is 12.3. The SMILES string of the molecule is Cc1oc(-c2cccs2)nc1C(=O)NS(=O)(=O)c1ccc(Cl)cc1. The highest BCUT2D eigenvalue weighted by molar-refractivity contribution is 7.90. The van der Waals surface area contributed by atoms with Crippen molar-refractivity contribution in [3.8, 4) is 10.8 Å². The molecule has 1 N–H and O–H groups in total. The lowest BCUT2D eigenvalue weighted by Gasteiger charge is -2.05. The van der Waals surface area contributed by atoms with E-state index >= 15 is 0 Å². The molecule has 0 aliphatic carbocycles. The second-order valence-corrected chi connectivity index (χ2v) is 7.86. The zero-order chi connectivity index (χ0) is 17.3. The normalized spacial score (nSPS) is 11.4. The molecule has 0 aliphatic rings. The molecule has 0 saturated heterocycles. The molecular weight excluding hydrogens is 372 g/mol. The maximum Gasteiger partial charge on any atom is 0.287 e. The number of aryl methyl sites for hydroxylation is 1. The monoisotopic (exact) mass is 382 g/mol. The second-order valence-electron chi connectivity index (χ2n) is 4.79. The van der Waals surface area contributed by atoms with E-state index in [0.29, 0.717) is 5.02 Å². The number of hydrogen-bond acceptors (Lipinski definition) is 6. The summed E-state index contributed by atoms with van der Waals surface area (Å²) in [6, 6.07) is 9.09. The molecule has 124 valence electrons. The lowest BCUT2D eigenvalue weighted by Crippen LogP contribution is -2.31. The number of hydrogen-bond donors (Lipinski definition) is 1. The number of thiophene rings is 1. The van der Waals surface area contributed by atoms with Gasteiger partial charge in [0.2, 0.25) is 5.89 Å². The zero-order valence-electron chi connectivity index (χ0n) is 12.3. The number of carbonyl (C=O) groups is 1. The Labute approximate surface area is 147 Å². The van der Waals surface area contributed by atoms with E-state index in [9.17, 15) is 13.2 Å². The number of nitrogens with one attached hydrogen (secondary N) is 1. The van der Waals surface area contributed by atoms with Crippen LogP contribution in [0, 0.1) is 6.92 Å². The van der Waals surface area contributed by atoms with Crippen LogP contribution in [0.25, 0.3) is 10.8 Å². The quantitative estimate of drug-likeness (QED) is 0.746. The predicted molar refractivity (Wildman–Crippen MR) is 90.7 cm³/mol. The zero-order valence-corrected chi connectivity index (χ0v) is 14.7. The van der Waals surface area contributed by atoms with Crippen LogP contribution < -0.4 is 4.72 Å². The van der Waals surface area contributed by atoms with Crippen molar-refractivity contribution in [1.82, 2.24) is 9.71 Å². The third-order valence-electron chi connectivity index (χ3n) is 3.09. The van der Waals surface area contributed by atoms with Gasteiger partial charge < -0.3 is 4.42 Å². The fourth-order valence-corrected chi connectivity index (χ4v) is 3.68. The maximum absolute atomic E-state index is 12.3. The second kappa shape index (κ2) is 6.39. The molecule has 1 aromatic carbocycles. The summed E-state index contributed by atoms with van der Waals surface area (Å²) in [6.07, 6.45) is 0. The molecule has 0 unspecified atom stereocenters. The number of benzene rings is 1. The third-order valence-corrected chi connectivity index (χ3v) is 5.55. The number of halogens is 1. The predicted octanol–water partition coefficient (Wildman–Crippen LogP) is 3.48. The Morgan fingerprint density at radius 1 is 1.25 bits per heavy atom. The fraction of sp³-hybridized carbons (Fsp3) is 0.0667.